The van der Waals surface area contributed by atoms with Crippen molar-refractivity contribution < 1.29 is 9.32 Å². The normalized spacial score (nSPS) is 18.5. The smallest absolute Gasteiger partial charge is 0.235 e. The number of carbonyl (C=O) groups is 1. The van der Waals surface area contributed by atoms with E-state index in [9.17, 15) is 4.79 Å². The van der Waals surface area contributed by atoms with E-state index in [0.29, 0.717) is 12.4 Å². The van der Waals surface area contributed by atoms with Gasteiger partial charge in [0.15, 0.2) is 0 Å². The summed E-state index contributed by atoms with van der Waals surface area (Å²) in [5.41, 5.74) is 3.92. The molecule has 5 rings (SSSR count). The number of nitrogens with zero attached hydrogens (tertiary/aromatic N) is 4. The van der Waals surface area contributed by atoms with Crippen molar-refractivity contribution in [3.8, 4) is 11.3 Å². The first-order valence-corrected chi connectivity index (χ1v) is 10.9. The van der Waals surface area contributed by atoms with Gasteiger partial charge in [0.2, 0.25) is 11.8 Å². The van der Waals surface area contributed by atoms with Gasteiger partial charge in [-0.3, -0.25) is 10.1 Å². The first-order chi connectivity index (χ1) is 14.3. The Balaban J connectivity index is 1.30. The zero-order valence-corrected chi connectivity index (χ0v) is 16.7. The molecule has 2 aliphatic rings. The van der Waals surface area contributed by atoms with Crippen LogP contribution in [-0.2, 0) is 16.3 Å². The molecule has 1 saturated heterocycles. The molecule has 1 N–H and O–H groups in total. The van der Waals surface area contributed by atoms with Gasteiger partial charge in [-0.15, -0.1) is 0 Å². The Morgan fingerprint density at radius 2 is 2.10 bits per heavy atom. The van der Waals surface area contributed by atoms with Gasteiger partial charge in [0.05, 0.1) is 22.9 Å². The second-order valence-corrected chi connectivity index (χ2v) is 8.32. The Morgan fingerprint density at radius 1 is 1.21 bits per heavy atom. The number of rotatable bonds is 4. The second kappa shape index (κ2) is 7.87. The Bertz CT molecular complexity index is 1020. The summed E-state index contributed by atoms with van der Waals surface area (Å²) in [6.07, 6.45) is 3.38. The van der Waals surface area contributed by atoms with Crippen LogP contribution in [0.25, 0.3) is 11.3 Å². The molecule has 8 heteroatoms. The third-order valence-electron chi connectivity index (χ3n) is 5.43. The maximum Gasteiger partial charge on any atom is 0.235 e. The molecule has 29 heavy (non-hydrogen) atoms. The van der Waals surface area contributed by atoms with Crippen LogP contribution in [0, 0.1) is 5.92 Å². The predicted octanol–water partition coefficient (Wildman–Crippen LogP) is 3.73. The van der Waals surface area contributed by atoms with E-state index in [-0.39, 0.29) is 11.8 Å². The SMILES string of the molecule is O=C(Nc1onc2c1CSC2)C1CCCN(c2cc(-c3ccccc3)ncn2)C1. The average Bonchev–Trinajstić information content (AvgIpc) is 3.40. The van der Waals surface area contributed by atoms with Crippen molar-refractivity contribution in [3.05, 3.63) is 54.0 Å². The fourth-order valence-electron chi connectivity index (χ4n) is 3.85. The highest BCUT2D eigenvalue weighted by molar-refractivity contribution is 7.98. The zero-order chi connectivity index (χ0) is 19.6. The van der Waals surface area contributed by atoms with Crippen molar-refractivity contribution in [3.63, 3.8) is 0 Å². The molecule has 1 aromatic carbocycles. The molecule has 1 fully saturated rings. The lowest BCUT2D eigenvalue weighted by molar-refractivity contribution is -0.120. The molecule has 0 radical (unpaired) electrons. The lowest BCUT2D eigenvalue weighted by Gasteiger charge is -2.32. The van der Waals surface area contributed by atoms with Gasteiger partial charge < -0.3 is 9.42 Å². The van der Waals surface area contributed by atoms with Gasteiger partial charge in [0, 0.05) is 36.2 Å². The molecule has 0 bridgehead atoms. The maximum atomic E-state index is 12.9. The Kier molecular flexibility index (Phi) is 4.93. The number of hydrogen-bond donors (Lipinski definition) is 1. The van der Waals surface area contributed by atoms with Crippen LogP contribution >= 0.6 is 11.8 Å². The zero-order valence-electron chi connectivity index (χ0n) is 15.9. The van der Waals surface area contributed by atoms with Crippen LogP contribution in [0.5, 0.6) is 0 Å². The number of piperidine rings is 1. The summed E-state index contributed by atoms with van der Waals surface area (Å²) >= 11 is 1.79. The Morgan fingerprint density at radius 3 is 3.00 bits per heavy atom. The van der Waals surface area contributed by atoms with Gasteiger partial charge in [-0.1, -0.05) is 35.5 Å². The van der Waals surface area contributed by atoms with E-state index >= 15 is 0 Å². The summed E-state index contributed by atoms with van der Waals surface area (Å²) in [6, 6.07) is 12.0. The van der Waals surface area contributed by atoms with Crippen molar-refractivity contribution >= 4 is 29.4 Å². The highest BCUT2D eigenvalue weighted by Crippen LogP contribution is 2.35. The number of thioether (sulfide) groups is 1. The third kappa shape index (κ3) is 3.72. The molecule has 2 aromatic heterocycles. The van der Waals surface area contributed by atoms with Gasteiger partial charge in [0.1, 0.15) is 12.1 Å². The topological polar surface area (TPSA) is 84.2 Å². The van der Waals surface area contributed by atoms with Gasteiger partial charge in [-0.25, -0.2) is 9.97 Å². The first kappa shape index (κ1) is 18.2. The van der Waals surface area contributed by atoms with E-state index < -0.39 is 0 Å². The number of fused-ring (bicyclic) bond motifs is 1. The number of aromatic nitrogens is 3. The molecule has 0 saturated carbocycles. The van der Waals surface area contributed by atoms with E-state index in [1.54, 1.807) is 18.1 Å². The molecule has 7 nitrogen and oxygen atoms in total. The van der Waals surface area contributed by atoms with Crippen LogP contribution in [0.1, 0.15) is 24.1 Å². The molecule has 148 valence electrons. The lowest BCUT2D eigenvalue weighted by Crippen LogP contribution is -2.41. The molecule has 4 heterocycles. The summed E-state index contributed by atoms with van der Waals surface area (Å²) in [7, 11) is 0. The number of hydrogen-bond acceptors (Lipinski definition) is 7. The molecule has 0 aliphatic carbocycles. The fraction of sp³-hybridized carbons (Fsp3) is 0.333. The number of benzene rings is 1. The van der Waals surface area contributed by atoms with Crippen LogP contribution in [0.15, 0.2) is 47.2 Å². The van der Waals surface area contributed by atoms with Crippen LogP contribution in [0.4, 0.5) is 11.7 Å². The minimum absolute atomic E-state index is 0.0112. The highest BCUT2D eigenvalue weighted by Gasteiger charge is 2.29. The monoisotopic (exact) mass is 407 g/mol. The minimum atomic E-state index is -0.117. The summed E-state index contributed by atoms with van der Waals surface area (Å²) in [6.45, 7) is 1.51. The van der Waals surface area contributed by atoms with Crippen LogP contribution < -0.4 is 10.2 Å². The Labute approximate surface area is 172 Å². The molecular formula is C21H21N5O2S. The van der Waals surface area contributed by atoms with Gasteiger partial charge in [-0.05, 0) is 12.8 Å². The number of carbonyl (C=O) groups excluding carboxylic acids is 1. The lowest BCUT2D eigenvalue weighted by atomic mass is 9.97. The summed E-state index contributed by atoms with van der Waals surface area (Å²) < 4.78 is 5.35. The van der Waals surface area contributed by atoms with Crippen LogP contribution in [0.3, 0.4) is 0 Å². The standard InChI is InChI=1S/C21H21N5O2S/c27-20(24-21-16-11-29-12-18(16)25-28-21)15-7-4-8-26(10-15)19-9-17(22-13-23-19)14-5-2-1-3-6-14/h1-3,5-6,9,13,15H,4,7-8,10-12H2,(H,24,27). The molecule has 1 unspecified atom stereocenters. The molecular weight excluding hydrogens is 386 g/mol. The van der Waals surface area contributed by atoms with Crippen molar-refractivity contribution in [2.24, 2.45) is 5.92 Å². The predicted molar refractivity (Wildman–Crippen MR) is 113 cm³/mol. The van der Waals surface area contributed by atoms with Crippen molar-refractivity contribution in [2.75, 3.05) is 23.3 Å². The van der Waals surface area contributed by atoms with Crippen molar-refractivity contribution in [2.45, 2.75) is 24.3 Å². The molecule has 2 aliphatic heterocycles. The second-order valence-electron chi connectivity index (χ2n) is 7.33. The molecule has 1 amide bonds. The van der Waals surface area contributed by atoms with Gasteiger partial charge in [-0.2, -0.15) is 11.8 Å². The summed E-state index contributed by atoms with van der Waals surface area (Å²) in [4.78, 5) is 23.9. The molecule has 1 atom stereocenters. The largest absolute Gasteiger partial charge is 0.356 e. The van der Waals surface area contributed by atoms with E-state index in [1.165, 1.54) is 0 Å². The van der Waals surface area contributed by atoms with E-state index in [4.69, 9.17) is 4.52 Å². The highest BCUT2D eigenvalue weighted by atomic mass is 32.2. The van der Waals surface area contributed by atoms with Gasteiger partial charge >= 0.3 is 0 Å². The third-order valence-corrected chi connectivity index (χ3v) is 6.40. The van der Waals surface area contributed by atoms with E-state index in [2.05, 4.69) is 25.3 Å². The molecule has 0 spiro atoms. The fourth-order valence-corrected chi connectivity index (χ4v) is 4.88. The summed E-state index contributed by atoms with van der Waals surface area (Å²) in [5, 5.41) is 7.02. The maximum absolute atomic E-state index is 12.9. The number of nitrogens with one attached hydrogen (secondary N) is 1. The van der Waals surface area contributed by atoms with Gasteiger partial charge in [0.25, 0.3) is 0 Å². The van der Waals surface area contributed by atoms with E-state index in [1.807, 2.05) is 36.4 Å². The van der Waals surface area contributed by atoms with Crippen molar-refractivity contribution in [1.29, 1.82) is 0 Å². The van der Waals surface area contributed by atoms with Crippen molar-refractivity contribution in [1.82, 2.24) is 15.1 Å². The minimum Gasteiger partial charge on any atom is -0.356 e. The number of amides is 1. The van der Waals surface area contributed by atoms with E-state index in [0.717, 1.165) is 59.2 Å². The Hall–Kier alpha value is -2.87. The summed E-state index contributed by atoms with van der Waals surface area (Å²) in [5.74, 6) is 2.93. The van der Waals surface area contributed by atoms with Crippen LogP contribution in [0.2, 0.25) is 0 Å². The number of anilines is 2. The first-order valence-electron chi connectivity index (χ1n) is 9.76. The molecule has 3 aromatic rings. The average molecular weight is 407 g/mol. The van der Waals surface area contributed by atoms with Crippen LogP contribution in [-0.4, -0.2) is 34.1 Å². The quantitative estimate of drug-likeness (QED) is 0.705.